The number of hydrogen-bond acceptors (Lipinski definition) is 4. The number of nitrogens with zero attached hydrogens (tertiary/aromatic N) is 2. The third kappa shape index (κ3) is 2.77. The Morgan fingerprint density at radius 3 is 2.53 bits per heavy atom. The van der Waals surface area contributed by atoms with Gasteiger partial charge in [-0.3, -0.25) is 0 Å². The number of aliphatic hydroxyl groups excluding tert-OH is 1. The highest BCUT2D eigenvalue weighted by Gasteiger charge is 2.15. The number of halogens is 2. The maximum absolute atomic E-state index is 9.56. The molecule has 1 atom stereocenters. The lowest BCUT2D eigenvalue weighted by molar-refractivity contribution is 0.159. The zero-order chi connectivity index (χ0) is 12.4. The Morgan fingerprint density at radius 2 is 1.94 bits per heavy atom. The van der Waals surface area contributed by atoms with Crippen molar-refractivity contribution in [2.75, 3.05) is 0 Å². The molecule has 0 saturated carbocycles. The second-order valence-corrected chi connectivity index (χ2v) is 4.41. The van der Waals surface area contributed by atoms with E-state index < -0.39 is 6.10 Å². The van der Waals surface area contributed by atoms with Crippen molar-refractivity contribution in [1.82, 2.24) is 10.1 Å². The zero-order valence-corrected chi connectivity index (χ0v) is 10.5. The molecule has 0 aliphatic rings. The monoisotopic (exact) mass is 272 g/mol. The van der Waals surface area contributed by atoms with Gasteiger partial charge in [0, 0.05) is 15.6 Å². The van der Waals surface area contributed by atoms with Gasteiger partial charge in [-0.1, -0.05) is 35.3 Å². The largest absolute Gasteiger partial charge is 0.385 e. The van der Waals surface area contributed by atoms with Crippen LogP contribution in [0, 0.1) is 0 Å². The van der Waals surface area contributed by atoms with E-state index in [0.29, 0.717) is 22.0 Å². The molecular formula is C11H10Cl2N2O2. The van der Waals surface area contributed by atoms with Crippen LogP contribution in [0.25, 0.3) is 11.5 Å². The third-order valence-corrected chi connectivity index (χ3v) is 2.67. The predicted molar refractivity (Wildman–Crippen MR) is 65.0 cm³/mol. The Balaban J connectivity index is 2.36. The Morgan fingerprint density at radius 1 is 1.29 bits per heavy atom. The first-order chi connectivity index (χ1) is 8.10. The Bertz CT molecular complexity index is 508. The zero-order valence-electron chi connectivity index (χ0n) is 9.02. The number of rotatable bonds is 3. The minimum Gasteiger partial charge on any atom is -0.385 e. The maximum atomic E-state index is 9.56. The predicted octanol–water partition coefficient (Wildman–Crippen LogP) is 3.49. The van der Waals surface area contributed by atoms with Gasteiger partial charge in [0.1, 0.15) is 6.10 Å². The van der Waals surface area contributed by atoms with Crippen molar-refractivity contribution >= 4 is 23.2 Å². The molecule has 1 unspecified atom stereocenters. The summed E-state index contributed by atoms with van der Waals surface area (Å²) in [6.07, 6.45) is -0.197. The molecule has 1 aromatic heterocycles. The van der Waals surface area contributed by atoms with Crippen molar-refractivity contribution in [2.45, 2.75) is 19.4 Å². The van der Waals surface area contributed by atoms with Gasteiger partial charge in [-0.15, -0.1) is 0 Å². The van der Waals surface area contributed by atoms with E-state index in [1.165, 1.54) is 0 Å². The van der Waals surface area contributed by atoms with Crippen LogP contribution in [-0.4, -0.2) is 15.2 Å². The molecule has 17 heavy (non-hydrogen) atoms. The van der Waals surface area contributed by atoms with Crippen LogP contribution in [0.15, 0.2) is 22.7 Å². The Kier molecular flexibility index (Phi) is 3.66. The van der Waals surface area contributed by atoms with E-state index in [1.807, 2.05) is 6.92 Å². The lowest BCUT2D eigenvalue weighted by atomic mass is 10.2. The van der Waals surface area contributed by atoms with E-state index in [9.17, 15) is 5.11 Å². The summed E-state index contributed by atoms with van der Waals surface area (Å²) in [5.74, 6) is 0.551. The van der Waals surface area contributed by atoms with Crippen LogP contribution in [0.3, 0.4) is 0 Å². The molecule has 4 nitrogen and oxygen atoms in total. The Hall–Kier alpha value is -1.10. The van der Waals surface area contributed by atoms with Gasteiger partial charge in [0.25, 0.3) is 5.89 Å². The van der Waals surface area contributed by atoms with Gasteiger partial charge in [0.2, 0.25) is 5.82 Å². The molecule has 90 valence electrons. The first kappa shape index (κ1) is 12.4. The van der Waals surface area contributed by atoms with Gasteiger partial charge in [0.05, 0.1) is 0 Å². The maximum Gasteiger partial charge on any atom is 0.258 e. The summed E-state index contributed by atoms with van der Waals surface area (Å²) in [6.45, 7) is 1.83. The van der Waals surface area contributed by atoms with Crippen LogP contribution in [0.1, 0.15) is 25.3 Å². The molecule has 1 heterocycles. The number of aliphatic hydroxyl groups is 1. The molecule has 1 N–H and O–H groups in total. The smallest absolute Gasteiger partial charge is 0.258 e. The molecule has 0 spiro atoms. The van der Waals surface area contributed by atoms with Crippen LogP contribution < -0.4 is 0 Å². The summed E-state index contributed by atoms with van der Waals surface area (Å²) in [4.78, 5) is 4.09. The normalized spacial score (nSPS) is 12.7. The number of aromatic nitrogens is 2. The molecule has 0 saturated heterocycles. The fraction of sp³-hybridized carbons (Fsp3) is 0.273. The fourth-order valence-electron chi connectivity index (χ4n) is 1.35. The second-order valence-electron chi connectivity index (χ2n) is 3.54. The first-order valence-corrected chi connectivity index (χ1v) is 5.84. The summed E-state index contributed by atoms with van der Waals surface area (Å²) >= 11 is 11.7. The SMILES string of the molecule is CCC(O)c1noc(-c2cc(Cl)cc(Cl)c2)n1. The molecule has 2 rings (SSSR count). The quantitative estimate of drug-likeness (QED) is 0.929. The van der Waals surface area contributed by atoms with Crippen molar-refractivity contribution in [3.63, 3.8) is 0 Å². The highest BCUT2D eigenvalue weighted by Crippen LogP contribution is 2.27. The number of benzene rings is 1. The Labute approximate surface area is 108 Å². The van der Waals surface area contributed by atoms with Crippen LogP contribution in [-0.2, 0) is 0 Å². The molecule has 0 aliphatic heterocycles. The molecule has 2 aromatic rings. The van der Waals surface area contributed by atoms with Gasteiger partial charge < -0.3 is 9.63 Å². The van der Waals surface area contributed by atoms with Crippen molar-refractivity contribution < 1.29 is 9.63 Å². The summed E-state index contributed by atoms with van der Waals surface area (Å²) in [5, 5.41) is 14.2. The lowest BCUT2D eigenvalue weighted by Gasteiger charge is -1.99. The van der Waals surface area contributed by atoms with E-state index in [0.717, 1.165) is 0 Å². The highest BCUT2D eigenvalue weighted by atomic mass is 35.5. The third-order valence-electron chi connectivity index (χ3n) is 2.24. The van der Waals surface area contributed by atoms with Gasteiger partial charge in [0.15, 0.2) is 0 Å². The lowest BCUT2D eigenvalue weighted by Crippen LogP contribution is -1.97. The summed E-state index contributed by atoms with van der Waals surface area (Å²) in [5.41, 5.74) is 0.629. The standard InChI is InChI=1S/C11H10Cl2N2O2/c1-2-9(16)10-14-11(17-15-10)6-3-7(12)5-8(13)4-6/h3-5,9,16H,2H2,1H3. The van der Waals surface area contributed by atoms with Crippen molar-refractivity contribution in [3.05, 3.63) is 34.1 Å². The molecular weight excluding hydrogens is 263 g/mol. The molecule has 0 fully saturated rings. The van der Waals surface area contributed by atoms with E-state index in [4.69, 9.17) is 27.7 Å². The van der Waals surface area contributed by atoms with Crippen LogP contribution in [0.2, 0.25) is 10.0 Å². The van der Waals surface area contributed by atoms with E-state index >= 15 is 0 Å². The molecule has 0 aliphatic carbocycles. The van der Waals surface area contributed by atoms with Crippen LogP contribution in [0.5, 0.6) is 0 Å². The van der Waals surface area contributed by atoms with Crippen LogP contribution >= 0.6 is 23.2 Å². The van der Waals surface area contributed by atoms with Crippen molar-refractivity contribution in [1.29, 1.82) is 0 Å². The topological polar surface area (TPSA) is 59.2 Å². The van der Waals surface area contributed by atoms with Crippen LogP contribution in [0.4, 0.5) is 0 Å². The van der Waals surface area contributed by atoms with Gasteiger partial charge >= 0.3 is 0 Å². The summed E-state index contributed by atoms with van der Waals surface area (Å²) < 4.78 is 5.05. The fourth-order valence-corrected chi connectivity index (χ4v) is 1.87. The average molecular weight is 273 g/mol. The van der Waals surface area contributed by atoms with Crippen molar-refractivity contribution in [3.8, 4) is 11.5 Å². The highest BCUT2D eigenvalue weighted by molar-refractivity contribution is 6.35. The summed E-state index contributed by atoms with van der Waals surface area (Å²) in [6, 6.07) is 4.96. The minimum atomic E-state index is -0.720. The van der Waals surface area contributed by atoms with E-state index in [2.05, 4.69) is 10.1 Å². The van der Waals surface area contributed by atoms with Gasteiger partial charge in [-0.25, -0.2) is 0 Å². The van der Waals surface area contributed by atoms with Crippen molar-refractivity contribution in [2.24, 2.45) is 0 Å². The average Bonchev–Trinajstić information content (AvgIpc) is 2.76. The van der Waals surface area contributed by atoms with E-state index in [1.54, 1.807) is 18.2 Å². The van der Waals surface area contributed by atoms with Gasteiger partial charge in [-0.05, 0) is 24.6 Å². The minimum absolute atomic E-state index is 0.263. The molecule has 0 radical (unpaired) electrons. The molecule has 0 bridgehead atoms. The summed E-state index contributed by atoms with van der Waals surface area (Å²) in [7, 11) is 0. The van der Waals surface area contributed by atoms with E-state index in [-0.39, 0.29) is 11.7 Å². The van der Waals surface area contributed by atoms with Gasteiger partial charge in [-0.2, -0.15) is 4.98 Å². The second kappa shape index (κ2) is 5.04. The molecule has 1 aromatic carbocycles. The molecule has 6 heteroatoms. The number of hydrogen-bond donors (Lipinski definition) is 1. The first-order valence-electron chi connectivity index (χ1n) is 5.08. The molecule has 0 amide bonds.